The Balaban J connectivity index is 0.00000544. The highest BCUT2D eigenvalue weighted by molar-refractivity contribution is 5.85. The van der Waals surface area contributed by atoms with E-state index in [9.17, 15) is 4.79 Å². The second-order valence-corrected chi connectivity index (χ2v) is 8.69. The standard InChI is InChI=1S/C26H39N2O4.2ClH/c1-28(20-23(27)19-26(29)32-4,17-5-7-21-9-13-24(30-2)14-10-21)18-6-8-22-11-15-25(31-3)16-12-22;;/h9-16,23H,5-8,17-20,27H2,1-4H3;2*1H/q+1;;/p-1. The lowest BCUT2D eigenvalue weighted by Crippen LogP contribution is -3.00. The molecule has 0 aliphatic rings. The monoisotopic (exact) mass is 514 g/mol. The maximum atomic E-state index is 11.7. The minimum Gasteiger partial charge on any atom is -1.00 e. The first-order chi connectivity index (χ1) is 15.4. The molecule has 0 radical (unpaired) electrons. The molecule has 2 aromatic rings. The molecule has 192 valence electrons. The minimum atomic E-state index is -0.250. The Labute approximate surface area is 217 Å². The fourth-order valence-electron chi connectivity index (χ4n) is 4.14. The number of nitrogens with two attached hydrogens (primary N) is 1. The zero-order valence-electron chi connectivity index (χ0n) is 20.8. The van der Waals surface area contributed by atoms with Gasteiger partial charge in [-0.15, -0.1) is 12.4 Å². The van der Waals surface area contributed by atoms with Gasteiger partial charge in [0.25, 0.3) is 0 Å². The summed E-state index contributed by atoms with van der Waals surface area (Å²) in [4.78, 5) is 11.7. The lowest BCUT2D eigenvalue weighted by molar-refractivity contribution is -0.910. The van der Waals surface area contributed by atoms with Gasteiger partial charge in [-0.1, -0.05) is 24.3 Å². The van der Waals surface area contributed by atoms with Crippen LogP contribution < -0.4 is 27.6 Å². The van der Waals surface area contributed by atoms with Crippen molar-refractivity contribution in [2.75, 3.05) is 48.0 Å². The van der Waals surface area contributed by atoms with Crippen LogP contribution in [0.3, 0.4) is 0 Å². The minimum absolute atomic E-state index is 0. The summed E-state index contributed by atoms with van der Waals surface area (Å²) in [5.74, 6) is 1.50. The van der Waals surface area contributed by atoms with Gasteiger partial charge in [0.05, 0.1) is 60.5 Å². The molecule has 34 heavy (non-hydrogen) atoms. The number of hydrogen-bond acceptors (Lipinski definition) is 5. The summed E-state index contributed by atoms with van der Waals surface area (Å²) >= 11 is 0. The number of halogens is 2. The van der Waals surface area contributed by atoms with Gasteiger partial charge in [-0.2, -0.15) is 0 Å². The van der Waals surface area contributed by atoms with Crippen LogP contribution in [0.4, 0.5) is 0 Å². The third-order valence-corrected chi connectivity index (χ3v) is 5.98. The normalized spacial score (nSPS) is 11.6. The largest absolute Gasteiger partial charge is 1.00 e. The lowest BCUT2D eigenvalue weighted by Gasteiger charge is -2.37. The zero-order valence-corrected chi connectivity index (χ0v) is 22.4. The van der Waals surface area contributed by atoms with Crippen LogP contribution >= 0.6 is 12.4 Å². The number of quaternary nitrogens is 1. The number of rotatable bonds is 14. The second kappa shape index (κ2) is 16.6. The van der Waals surface area contributed by atoms with Crippen LogP contribution in [0.2, 0.25) is 0 Å². The number of ether oxygens (including phenoxy) is 3. The summed E-state index contributed by atoms with van der Waals surface area (Å²) in [6.07, 6.45) is 4.36. The molecular formula is C26H40Cl2N2O4. The average Bonchev–Trinajstić information content (AvgIpc) is 2.79. The predicted molar refractivity (Wildman–Crippen MR) is 135 cm³/mol. The summed E-state index contributed by atoms with van der Waals surface area (Å²) < 4.78 is 16.1. The van der Waals surface area contributed by atoms with E-state index in [2.05, 4.69) is 31.3 Å². The van der Waals surface area contributed by atoms with Gasteiger partial charge in [-0.05, 0) is 48.2 Å². The first-order valence-corrected chi connectivity index (χ1v) is 11.3. The number of carbonyl (C=O) groups is 1. The lowest BCUT2D eigenvalue weighted by atomic mass is 10.1. The molecular weight excluding hydrogens is 475 g/mol. The van der Waals surface area contributed by atoms with Crippen LogP contribution in [0.15, 0.2) is 48.5 Å². The number of benzene rings is 2. The highest BCUT2D eigenvalue weighted by atomic mass is 35.5. The Morgan fingerprint density at radius 1 is 0.853 bits per heavy atom. The Hall–Kier alpha value is -1.99. The number of nitrogens with zero attached hydrogens (tertiary/aromatic N) is 1. The first kappa shape index (κ1) is 32.0. The molecule has 0 spiro atoms. The van der Waals surface area contributed by atoms with E-state index in [1.807, 2.05) is 24.3 Å². The number of methoxy groups -OCH3 is 3. The van der Waals surface area contributed by atoms with Crippen LogP contribution in [-0.2, 0) is 22.4 Å². The maximum absolute atomic E-state index is 11.7. The second-order valence-electron chi connectivity index (χ2n) is 8.69. The fourth-order valence-corrected chi connectivity index (χ4v) is 4.14. The van der Waals surface area contributed by atoms with Gasteiger partial charge in [0.2, 0.25) is 0 Å². The van der Waals surface area contributed by atoms with Crippen molar-refractivity contribution in [3.8, 4) is 11.5 Å². The molecule has 2 aromatic carbocycles. The summed E-state index contributed by atoms with van der Waals surface area (Å²) in [6, 6.07) is 16.3. The van der Waals surface area contributed by atoms with E-state index < -0.39 is 0 Å². The van der Waals surface area contributed by atoms with E-state index in [1.54, 1.807) is 14.2 Å². The van der Waals surface area contributed by atoms with E-state index in [-0.39, 0.29) is 43.2 Å². The third-order valence-electron chi connectivity index (χ3n) is 5.98. The van der Waals surface area contributed by atoms with Gasteiger partial charge in [0.15, 0.2) is 0 Å². The number of hydrogen-bond donors (Lipinski definition) is 1. The Morgan fingerprint density at radius 3 is 1.62 bits per heavy atom. The van der Waals surface area contributed by atoms with Crippen molar-refractivity contribution in [2.45, 2.75) is 38.1 Å². The molecule has 0 amide bonds. The number of aryl methyl sites for hydroxylation is 2. The molecule has 0 saturated heterocycles. The summed E-state index contributed by atoms with van der Waals surface area (Å²) in [7, 11) is 7.02. The molecule has 1 unspecified atom stereocenters. The molecule has 1 atom stereocenters. The van der Waals surface area contributed by atoms with Crippen molar-refractivity contribution in [2.24, 2.45) is 5.73 Å². The van der Waals surface area contributed by atoms with Crippen molar-refractivity contribution < 1.29 is 35.9 Å². The van der Waals surface area contributed by atoms with Gasteiger partial charge < -0.3 is 36.8 Å². The van der Waals surface area contributed by atoms with Crippen molar-refractivity contribution in [3.05, 3.63) is 59.7 Å². The van der Waals surface area contributed by atoms with Crippen LogP contribution in [0, 0.1) is 0 Å². The first-order valence-electron chi connectivity index (χ1n) is 11.3. The molecule has 0 bridgehead atoms. The summed E-state index contributed by atoms with van der Waals surface area (Å²) in [5, 5.41) is 0. The molecule has 0 aliphatic carbocycles. The Morgan fingerprint density at radius 2 is 1.26 bits per heavy atom. The zero-order chi connectivity index (χ0) is 23.4. The summed E-state index contributed by atoms with van der Waals surface area (Å²) in [5.41, 5.74) is 8.92. The van der Waals surface area contributed by atoms with Crippen LogP contribution in [0.1, 0.15) is 30.4 Å². The van der Waals surface area contributed by atoms with Crippen molar-refractivity contribution in [1.29, 1.82) is 0 Å². The van der Waals surface area contributed by atoms with Gasteiger partial charge in [-0.3, -0.25) is 4.79 Å². The van der Waals surface area contributed by atoms with E-state index in [0.717, 1.165) is 61.3 Å². The molecule has 6 nitrogen and oxygen atoms in total. The highest BCUT2D eigenvalue weighted by Gasteiger charge is 2.26. The molecule has 2 rings (SSSR count). The highest BCUT2D eigenvalue weighted by Crippen LogP contribution is 2.17. The van der Waals surface area contributed by atoms with E-state index >= 15 is 0 Å². The molecule has 0 aliphatic heterocycles. The summed E-state index contributed by atoms with van der Waals surface area (Å²) in [6.45, 7) is 2.76. The van der Waals surface area contributed by atoms with Gasteiger partial charge in [-0.25, -0.2) is 0 Å². The quantitative estimate of drug-likeness (QED) is 0.301. The van der Waals surface area contributed by atoms with Crippen molar-refractivity contribution >= 4 is 18.4 Å². The average molecular weight is 516 g/mol. The molecule has 2 N–H and O–H groups in total. The molecule has 0 aromatic heterocycles. The van der Waals surface area contributed by atoms with Crippen molar-refractivity contribution in [1.82, 2.24) is 0 Å². The Kier molecular flexibility index (Phi) is 15.6. The van der Waals surface area contributed by atoms with Crippen LogP contribution in [-0.4, -0.2) is 64.5 Å². The SMILES string of the molecule is COC(=O)CC(N)C[N+](C)(CCCc1ccc(OC)cc1)CCCc1ccc(OC)cc1.Cl.[Cl-]. The topological polar surface area (TPSA) is 70.8 Å². The Bertz CT molecular complexity index is 763. The molecule has 0 saturated carbocycles. The van der Waals surface area contributed by atoms with E-state index in [0.29, 0.717) is 0 Å². The smallest absolute Gasteiger partial charge is 0.307 e. The molecule has 0 fully saturated rings. The van der Waals surface area contributed by atoms with Gasteiger partial charge in [0, 0.05) is 12.8 Å². The van der Waals surface area contributed by atoms with Crippen molar-refractivity contribution in [3.63, 3.8) is 0 Å². The number of likely N-dealkylation sites (N-methyl/N-ethyl adjacent to an activating group) is 1. The predicted octanol–water partition coefficient (Wildman–Crippen LogP) is 1.03. The molecule has 0 heterocycles. The van der Waals surface area contributed by atoms with Gasteiger partial charge in [0.1, 0.15) is 11.5 Å². The van der Waals surface area contributed by atoms with E-state index in [4.69, 9.17) is 19.9 Å². The van der Waals surface area contributed by atoms with Crippen LogP contribution in [0.5, 0.6) is 11.5 Å². The number of carbonyl (C=O) groups excluding carboxylic acids is 1. The van der Waals surface area contributed by atoms with Crippen LogP contribution in [0.25, 0.3) is 0 Å². The fraction of sp³-hybridized carbons (Fsp3) is 0.500. The third kappa shape index (κ3) is 11.4. The number of esters is 1. The maximum Gasteiger partial charge on any atom is 0.307 e. The van der Waals surface area contributed by atoms with E-state index in [1.165, 1.54) is 18.2 Å². The molecule has 8 heteroatoms. The van der Waals surface area contributed by atoms with Gasteiger partial charge >= 0.3 is 5.97 Å².